The summed E-state index contributed by atoms with van der Waals surface area (Å²) in [6.45, 7) is -1.49. The quantitative estimate of drug-likeness (QED) is 0.210. The van der Waals surface area contributed by atoms with Crippen molar-refractivity contribution in [3.63, 3.8) is 0 Å². The Morgan fingerprint density at radius 3 is 1.63 bits per heavy atom. The molecular weight excluding hydrogens is 268 g/mol. The number of aliphatic hydroxyl groups is 7. The molecule has 0 aliphatic heterocycles. The highest BCUT2D eigenvalue weighted by Crippen LogP contribution is 2.02. The smallest absolute Gasteiger partial charge is 0.334 e. The second kappa shape index (κ2) is 10.8. The van der Waals surface area contributed by atoms with Crippen LogP contribution in [0.3, 0.4) is 0 Å². The summed E-state index contributed by atoms with van der Waals surface area (Å²) in [5.41, 5.74) is 0. The number of carboxylic acids is 1. The van der Waals surface area contributed by atoms with Crippen molar-refractivity contribution in [2.24, 2.45) is 0 Å². The van der Waals surface area contributed by atoms with Gasteiger partial charge in [-0.2, -0.15) is 0 Å². The zero-order chi connectivity index (χ0) is 15.6. The standard InChI is InChI=1S/C6H12O6.C3H6O4/c7-1-3(9)5(11)6(12)4(10)2-8;4-1-2(5)3(6)7/h1,3-6,8-12H,2H2;2,4-5H,1H2,(H,6,7)/t3-,4+,5+,6+;/m0./s1. The van der Waals surface area contributed by atoms with Crippen LogP contribution in [-0.2, 0) is 9.59 Å². The number of carboxylic acid groups (broad SMARTS) is 1. The van der Waals surface area contributed by atoms with Crippen LogP contribution >= 0.6 is 0 Å². The van der Waals surface area contributed by atoms with Crippen molar-refractivity contribution in [2.75, 3.05) is 13.2 Å². The van der Waals surface area contributed by atoms with Crippen molar-refractivity contribution < 1.29 is 50.4 Å². The third-order valence-corrected chi connectivity index (χ3v) is 1.88. The molecule has 0 aromatic rings. The van der Waals surface area contributed by atoms with Gasteiger partial charge in [0.25, 0.3) is 0 Å². The van der Waals surface area contributed by atoms with Gasteiger partial charge in [-0.15, -0.1) is 0 Å². The van der Waals surface area contributed by atoms with E-state index in [0.29, 0.717) is 0 Å². The van der Waals surface area contributed by atoms with Crippen molar-refractivity contribution in [1.82, 2.24) is 0 Å². The van der Waals surface area contributed by atoms with Crippen molar-refractivity contribution in [1.29, 1.82) is 0 Å². The highest BCUT2D eigenvalue weighted by Gasteiger charge is 2.29. The monoisotopic (exact) mass is 286 g/mol. The molecule has 8 N–H and O–H groups in total. The van der Waals surface area contributed by atoms with Crippen molar-refractivity contribution in [2.45, 2.75) is 30.5 Å². The highest BCUT2D eigenvalue weighted by atomic mass is 16.4. The molecule has 0 radical (unpaired) electrons. The van der Waals surface area contributed by atoms with Crippen LogP contribution < -0.4 is 0 Å². The summed E-state index contributed by atoms with van der Waals surface area (Å²) in [5.74, 6) is -1.40. The Kier molecular flexibility index (Phi) is 11.4. The molecule has 0 spiro atoms. The van der Waals surface area contributed by atoms with Crippen LogP contribution in [0, 0.1) is 0 Å². The van der Waals surface area contributed by atoms with Gasteiger partial charge in [-0.25, -0.2) is 4.79 Å². The van der Waals surface area contributed by atoms with Gasteiger partial charge in [0.2, 0.25) is 0 Å². The molecule has 0 saturated heterocycles. The van der Waals surface area contributed by atoms with E-state index in [9.17, 15) is 9.59 Å². The number of hydrogen-bond acceptors (Lipinski definition) is 9. The second-order valence-corrected chi connectivity index (χ2v) is 3.39. The Labute approximate surface area is 107 Å². The van der Waals surface area contributed by atoms with Gasteiger partial charge in [-0.3, -0.25) is 0 Å². The van der Waals surface area contributed by atoms with Gasteiger partial charge in [0.15, 0.2) is 12.4 Å². The second-order valence-electron chi connectivity index (χ2n) is 3.39. The maximum Gasteiger partial charge on any atom is 0.334 e. The normalized spacial score (nSPS) is 18.3. The first kappa shape index (κ1) is 20.2. The number of aldehydes is 1. The molecule has 10 nitrogen and oxygen atoms in total. The van der Waals surface area contributed by atoms with Crippen LogP contribution in [0.15, 0.2) is 0 Å². The molecule has 114 valence electrons. The molecule has 0 rings (SSSR count). The molecule has 0 amide bonds. The zero-order valence-corrected chi connectivity index (χ0v) is 9.77. The molecule has 5 atom stereocenters. The summed E-state index contributed by atoms with van der Waals surface area (Å²) in [7, 11) is 0. The van der Waals surface area contributed by atoms with Gasteiger partial charge in [0.1, 0.15) is 24.4 Å². The van der Waals surface area contributed by atoms with Gasteiger partial charge in [0, 0.05) is 0 Å². The first-order chi connectivity index (χ1) is 8.72. The molecule has 0 fully saturated rings. The number of carbonyl (C=O) groups excluding carboxylic acids is 1. The summed E-state index contributed by atoms with van der Waals surface area (Å²) in [5, 5.41) is 67.3. The third kappa shape index (κ3) is 8.56. The summed E-state index contributed by atoms with van der Waals surface area (Å²) >= 11 is 0. The predicted molar refractivity (Wildman–Crippen MR) is 57.9 cm³/mol. The molecule has 0 saturated carbocycles. The van der Waals surface area contributed by atoms with Crippen LogP contribution in [0.4, 0.5) is 0 Å². The largest absolute Gasteiger partial charge is 0.479 e. The Morgan fingerprint density at radius 2 is 1.42 bits per heavy atom. The van der Waals surface area contributed by atoms with Crippen molar-refractivity contribution >= 4 is 12.3 Å². The van der Waals surface area contributed by atoms with Crippen LogP contribution in [-0.4, -0.2) is 96.8 Å². The van der Waals surface area contributed by atoms with E-state index < -0.39 is 49.7 Å². The van der Waals surface area contributed by atoms with E-state index >= 15 is 0 Å². The Morgan fingerprint density at radius 1 is 0.947 bits per heavy atom. The van der Waals surface area contributed by atoms with E-state index in [0.717, 1.165) is 0 Å². The minimum absolute atomic E-state index is 0.0258. The Bertz CT molecular complexity index is 257. The van der Waals surface area contributed by atoms with Crippen molar-refractivity contribution in [3.8, 4) is 0 Å². The van der Waals surface area contributed by atoms with Gasteiger partial charge in [0.05, 0.1) is 13.2 Å². The zero-order valence-electron chi connectivity index (χ0n) is 9.77. The molecule has 0 heterocycles. The lowest BCUT2D eigenvalue weighted by Gasteiger charge is -2.22. The molecule has 0 aromatic carbocycles. The van der Waals surface area contributed by atoms with Crippen molar-refractivity contribution in [3.05, 3.63) is 0 Å². The van der Waals surface area contributed by atoms with Crippen LogP contribution in [0.5, 0.6) is 0 Å². The molecule has 10 heteroatoms. The average Bonchev–Trinajstić information content (AvgIpc) is 2.43. The van der Waals surface area contributed by atoms with E-state index in [1.54, 1.807) is 0 Å². The minimum atomic E-state index is -1.79. The highest BCUT2D eigenvalue weighted by molar-refractivity contribution is 5.71. The number of carbonyl (C=O) groups is 2. The van der Waals surface area contributed by atoms with E-state index in [1.807, 2.05) is 0 Å². The molecular formula is C9H18O10. The topological polar surface area (TPSA) is 196 Å². The maximum absolute atomic E-state index is 9.90. The molecule has 19 heavy (non-hydrogen) atoms. The van der Waals surface area contributed by atoms with Gasteiger partial charge in [-0.1, -0.05) is 0 Å². The minimum Gasteiger partial charge on any atom is -0.479 e. The predicted octanol–water partition coefficient (Wildman–Crippen LogP) is -4.95. The van der Waals surface area contributed by atoms with Crippen LogP contribution in [0.1, 0.15) is 0 Å². The third-order valence-electron chi connectivity index (χ3n) is 1.88. The van der Waals surface area contributed by atoms with E-state index in [2.05, 4.69) is 0 Å². The number of rotatable bonds is 7. The number of aliphatic carboxylic acids is 1. The fourth-order valence-corrected chi connectivity index (χ4v) is 0.696. The Hall–Kier alpha value is -1.14. The lowest BCUT2D eigenvalue weighted by Crippen LogP contribution is -2.46. The summed E-state index contributed by atoms with van der Waals surface area (Å²) < 4.78 is 0. The van der Waals surface area contributed by atoms with Gasteiger partial charge in [-0.05, 0) is 0 Å². The summed E-state index contributed by atoms with van der Waals surface area (Å²) in [6.07, 6.45) is -8.46. The number of aliphatic hydroxyl groups excluding tert-OH is 7. The first-order valence-electron chi connectivity index (χ1n) is 5.03. The molecule has 0 aromatic heterocycles. The Balaban J connectivity index is 0. The fourth-order valence-electron chi connectivity index (χ4n) is 0.696. The lowest BCUT2D eigenvalue weighted by atomic mass is 10.0. The van der Waals surface area contributed by atoms with E-state index in [1.165, 1.54) is 0 Å². The number of hydrogen-bond donors (Lipinski definition) is 8. The molecule has 0 bridgehead atoms. The van der Waals surface area contributed by atoms with E-state index in [-0.39, 0.29) is 6.29 Å². The molecule has 1 unspecified atom stereocenters. The summed E-state index contributed by atoms with van der Waals surface area (Å²) in [6, 6.07) is 0. The molecule has 0 aliphatic carbocycles. The lowest BCUT2D eigenvalue weighted by molar-refractivity contribution is -0.148. The molecule has 0 aliphatic rings. The van der Waals surface area contributed by atoms with Crippen LogP contribution in [0.2, 0.25) is 0 Å². The van der Waals surface area contributed by atoms with E-state index in [4.69, 9.17) is 40.9 Å². The fraction of sp³-hybridized carbons (Fsp3) is 0.778. The summed E-state index contributed by atoms with van der Waals surface area (Å²) in [4.78, 5) is 19.4. The SMILES string of the molecule is O=C(O)C(O)CO.O=C[C@H](O)[C@@H](O)[C@H](O)[C@H](O)CO. The van der Waals surface area contributed by atoms with Gasteiger partial charge >= 0.3 is 5.97 Å². The maximum atomic E-state index is 9.90. The first-order valence-corrected chi connectivity index (χ1v) is 5.03. The average molecular weight is 286 g/mol. The van der Waals surface area contributed by atoms with Gasteiger partial charge < -0.3 is 45.6 Å². The van der Waals surface area contributed by atoms with Crippen LogP contribution in [0.25, 0.3) is 0 Å².